The maximum absolute atomic E-state index is 5.36. The molecule has 0 saturated carbocycles. The second-order valence-corrected chi connectivity index (χ2v) is 3.11. The van der Waals surface area contributed by atoms with E-state index in [9.17, 15) is 0 Å². The van der Waals surface area contributed by atoms with Crippen LogP contribution in [0, 0.1) is 0 Å². The molecule has 0 radical (unpaired) electrons. The molecular weight excluding hydrogens is 164 g/mol. The molecule has 1 atom stereocenters. The molecule has 1 rings (SSSR count). The van der Waals surface area contributed by atoms with E-state index < -0.39 is 0 Å². The van der Waals surface area contributed by atoms with Crippen molar-refractivity contribution >= 4 is 0 Å². The van der Waals surface area contributed by atoms with Crippen LogP contribution in [0.5, 0.6) is 0 Å². The second kappa shape index (κ2) is 5.81. The van der Waals surface area contributed by atoms with Crippen LogP contribution in [0.25, 0.3) is 0 Å². The lowest BCUT2D eigenvalue weighted by molar-refractivity contribution is 0.137. The Kier molecular flexibility index (Phi) is 4.61. The summed E-state index contributed by atoms with van der Waals surface area (Å²) in [6.45, 7) is 5.83. The first-order chi connectivity index (χ1) is 6.38. The fourth-order valence-electron chi connectivity index (χ4n) is 1.44. The van der Waals surface area contributed by atoms with E-state index >= 15 is 0 Å². The minimum Gasteiger partial charge on any atom is -0.469 e. The van der Waals surface area contributed by atoms with Gasteiger partial charge in [-0.2, -0.15) is 0 Å². The molecule has 1 unspecified atom stereocenters. The topological polar surface area (TPSA) is 22.4 Å². The van der Waals surface area contributed by atoms with Gasteiger partial charge >= 0.3 is 0 Å². The zero-order valence-corrected chi connectivity index (χ0v) is 8.45. The van der Waals surface area contributed by atoms with E-state index in [-0.39, 0.29) is 0 Å². The van der Waals surface area contributed by atoms with E-state index in [0.29, 0.717) is 5.92 Å². The Balaban J connectivity index is 2.35. The van der Waals surface area contributed by atoms with Gasteiger partial charge in [-0.3, -0.25) is 0 Å². The van der Waals surface area contributed by atoms with E-state index in [0.717, 1.165) is 31.8 Å². The number of ether oxygens (including phenoxy) is 1. The summed E-state index contributed by atoms with van der Waals surface area (Å²) in [4.78, 5) is 0. The Morgan fingerprint density at radius 2 is 2.31 bits per heavy atom. The molecule has 0 bridgehead atoms. The van der Waals surface area contributed by atoms with Gasteiger partial charge in [-0.25, -0.2) is 0 Å². The fraction of sp³-hybridized carbons (Fsp3) is 0.636. The van der Waals surface area contributed by atoms with Crippen molar-refractivity contribution in [2.24, 2.45) is 0 Å². The summed E-state index contributed by atoms with van der Waals surface area (Å²) < 4.78 is 10.7. The molecule has 1 aromatic rings. The number of rotatable bonds is 6. The van der Waals surface area contributed by atoms with Gasteiger partial charge in [0.25, 0.3) is 0 Å². The van der Waals surface area contributed by atoms with Gasteiger partial charge in [0.05, 0.1) is 6.26 Å². The van der Waals surface area contributed by atoms with Crippen molar-refractivity contribution in [3.63, 3.8) is 0 Å². The van der Waals surface area contributed by atoms with Crippen LogP contribution in [0.4, 0.5) is 0 Å². The zero-order chi connectivity index (χ0) is 9.52. The summed E-state index contributed by atoms with van der Waals surface area (Å²) >= 11 is 0. The molecular formula is C11H18O2. The summed E-state index contributed by atoms with van der Waals surface area (Å²) in [7, 11) is 0. The third kappa shape index (κ3) is 3.23. The van der Waals surface area contributed by atoms with Crippen LogP contribution in [0.15, 0.2) is 22.8 Å². The lowest BCUT2D eigenvalue weighted by Gasteiger charge is -2.11. The number of hydrogen-bond donors (Lipinski definition) is 0. The highest BCUT2D eigenvalue weighted by Gasteiger charge is 2.11. The molecule has 0 amide bonds. The maximum atomic E-state index is 5.36. The summed E-state index contributed by atoms with van der Waals surface area (Å²) in [5, 5.41) is 0. The van der Waals surface area contributed by atoms with Crippen LogP contribution in [0.2, 0.25) is 0 Å². The van der Waals surface area contributed by atoms with Gasteiger partial charge in [-0.1, -0.05) is 6.92 Å². The highest BCUT2D eigenvalue weighted by Crippen LogP contribution is 2.23. The van der Waals surface area contributed by atoms with E-state index in [1.54, 1.807) is 6.26 Å². The number of hydrogen-bond acceptors (Lipinski definition) is 2. The van der Waals surface area contributed by atoms with Crippen molar-refractivity contribution in [3.8, 4) is 0 Å². The fourth-order valence-corrected chi connectivity index (χ4v) is 1.44. The van der Waals surface area contributed by atoms with Crippen molar-refractivity contribution in [2.75, 3.05) is 13.2 Å². The smallest absolute Gasteiger partial charge is 0.106 e. The molecule has 0 N–H and O–H groups in total. The Bertz CT molecular complexity index is 204. The van der Waals surface area contributed by atoms with Crippen LogP contribution in [0.3, 0.4) is 0 Å². The monoisotopic (exact) mass is 182 g/mol. The highest BCUT2D eigenvalue weighted by molar-refractivity contribution is 5.04. The van der Waals surface area contributed by atoms with Gasteiger partial charge in [0.15, 0.2) is 0 Å². The maximum Gasteiger partial charge on any atom is 0.106 e. The predicted octanol–water partition coefficient (Wildman–Crippen LogP) is 3.20. The van der Waals surface area contributed by atoms with Crippen LogP contribution < -0.4 is 0 Å². The van der Waals surface area contributed by atoms with Crippen LogP contribution in [0.1, 0.15) is 38.4 Å². The van der Waals surface area contributed by atoms with Crippen LogP contribution in [-0.4, -0.2) is 13.2 Å². The van der Waals surface area contributed by atoms with Crippen molar-refractivity contribution in [1.82, 2.24) is 0 Å². The van der Waals surface area contributed by atoms with Crippen molar-refractivity contribution < 1.29 is 9.15 Å². The SMILES string of the molecule is CCOCCC(CC)c1ccco1. The normalized spacial score (nSPS) is 13.1. The lowest BCUT2D eigenvalue weighted by Crippen LogP contribution is -2.02. The molecule has 0 spiro atoms. The summed E-state index contributed by atoms with van der Waals surface area (Å²) in [6.07, 6.45) is 3.90. The van der Waals surface area contributed by atoms with Gasteiger partial charge in [0.1, 0.15) is 5.76 Å². The molecule has 2 heteroatoms. The van der Waals surface area contributed by atoms with Crippen molar-refractivity contribution in [3.05, 3.63) is 24.2 Å². The quantitative estimate of drug-likeness (QED) is 0.630. The molecule has 1 aromatic heterocycles. The van der Waals surface area contributed by atoms with Crippen molar-refractivity contribution in [1.29, 1.82) is 0 Å². The van der Waals surface area contributed by atoms with Gasteiger partial charge in [0, 0.05) is 19.1 Å². The lowest BCUT2D eigenvalue weighted by atomic mass is 10.0. The summed E-state index contributed by atoms with van der Waals surface area (Å²) in [5.74, 6) is 1.60. The third-order valence-corrected chi connectivity index (χ3v) is 2.25. The van der Waals surface area contributed by atoms with Crippen LogP contribution >= 0.6 is 0 Å². The Morgan fingerprint density at radius 1 is 1.46 bits per heavy atom. The van der Waals surface area contributed by atoms with Gasteiger partial charge in [-0.05, 0) is 31.9 Å². The molecule has 13 heavy (non-hydrogen) atoms. The van der Waals surface area contributed by atoms with E-state index in [1.807, 2.05) is 19.1 Å². The minimum absolute atomic E-state index is 0.515. The first-order valence-electron chi connectivity index (χ1n) is 4.99. The standard InChI is InChI=1S/C11H18O2/c1-3-10(7-9-12-4-2)11-6-5-8-13-11/h5-6,8,10H,3-4,7,9H2,1-2H3. The molecule has 0 saturated heterocycles. The highest BCUT2D eigenvalue weighted by atomic mass is 16.5. The molecule has 2 nitrogen and oxygen atoms in total. The zero-order valence-electron chi connectivity index (χ0n) is 8.45. The molecule has 0 aliphatic carbocycles. The second-order valence-electron chi connectivity index (χ2n) is 3.11. The Labute approximate surface area is 79.9 Å². The van der Waals surface area contributed by atoms with E-state index in [4.69, 9.17) is 9.15 Å². The third-order valence-electron chi connectivity index (χ3n) is 2.25. The van der Waals surface area contributed by atoms with Crippen molar-refractivity contribution in [2.45, 2.75) is 32.6 Å². The number of furan rings is 1. The molecule has 0 fully saturated rings. The molecule has 0 aliphatic heterocycles. The first kappa shape index (κ1) is 10.3. The average molecular weight is 182 g/mol. The molecule has 0 aliphatic rings. The van der Waals surface area contributed by atoms with Crippen LogP contribution in [-0.2, 0) is 4.74 Å². The van der Waals surface area contributed by atoms with Gasteiger partial charge in [0.2, 0.25) is 0 Å². The molecule has 0 aromatic carbocycles. The predicted molar refractivity (Wildman–Crippen MR) is 52.9 cm³/mol. The van der Waals surface area contributed by atoms with Gasteiger partial charge in [-0.15, -0.1) is 0 Å². The van der Waals surface area contributed by atoms with Gasteiger partial charge < -0.3 is 9.15 Å². The average Bonchev–Trinajstić information content (AvgIpc) is 2.65. The molecule has 74 valence electrons. The minimum atomic E-state index is 0.515. The van der Waals surface area contributed by atoms with E-state index in [1.165, 1.54) is 0 Å². The molecule has 1 heterocycles. The summed E-state index contributed by atoms with van der Waals surface area (Å²) in [6, 6.07) is 3.98. The Morgan fingerprint density at radius 3 is 2.85 bits per heavy atom. The largest absolute Gasteiger partial charge is 0.469 e. The van der Waals surface area contributed by atoms with E-state index in [2.05, 4.69) is 6.92 Å². The Hall–Kier alpha value is -0.760. The first-order valence-corrected chi connectivity index (χ1v) is 4.99. The summed E-state index contributed by atoms with van der Waals surface area (Å²) in [5.41, 5.74) is 0.